The number of ether oxygens (including phenoxy) is 1. The average Bonchev–Trinajstić information content (AvgIpc) is 2.30. The van der Waals surface area contributed by atoms with Crippen LogP contribution in [0.25, 0.3) is 0 Å². The Hall–Kier alpha value is -0.160. The van der Waals surface area contributed by atoms with Gasteiger partial charge >= 0.3 is 0 Å². The third-order valence-electron chi connectivity index (χ3n) is 2.58. The summed E-state index contributed by atoms with van der Waals surface area (Å²) in [4.78, 5) is 2.24. The summed E-state index contributed by atoms with van der Waals surface area (Å²) in [7, 11) is 2.09. The first-order chi connectivity index (χ1) is 7.74. The molecule has 0 aliphatic heterocycles. The zero-order chi connectivity index (χ0) is 12.2. The maximum absolute atomic E-state index is 9.17. The molecule has 0 rings (SSSR count). The molecule has 4 heteroatoms. The quantitative estimate of drug-likeness (QED) is 0.515. The van der Waals surface area contributed by atoms with E-state index in [2.05, 4.69) is 24.2 Å². The van der Waals surface area contributed by atoms with Gasteiger partial charge in [0.2, 0.25) is 0 Å². The third-order valence-corrected chi connectivity index (χ3v) is 2.58. The van der Waals surface area contributed by atoms with Crippen molar-refractivity contribution in [1.82, 2.24) is 10.2 Å². The lowest BCUT2D eigenvalue weighted by molar-refractivity contribution is 0.119. The van der Waals surface area contributed by atoms with Gasteiger partial charge in [0.15, 0.2) is 0 Å². The molecule has 0 aliphatic carbocycles. The van der Waals surface area contributed by atoms with Crippen molar-refractivity contribution in [3.05, 3.63) is 0 Å². The standard InChI is InChI=1S/C12H28N2O2/c1-4-7-13-12(11-15)6-8-14(3)9-10-16-5-2/h12-13,15H,4-11H2,1-3H3. The fourth-order valence-electron chi connectivity index (χ4n) is 1.46. The Balaban J connectivity index is 3.50. The van der Waals surface area contributed by atoms with E-state index in [0.717, 1.165) is 45.7 Å². The van der Waals surface area contributed by atoms with Crippen LogP contribution in [0.15, 0.2) is 0 Å². The molecule has 16 heavy (non-hydrogen) atoms. The minimum Gasteiger partial charge on any atom is -0.395 e. The molecule has 0 heterocycles. The summed E-state index contributed by atoms with van der Waals surface area (Å²) < 4.78 is 5.30. The largest absolute Gasteiger partial charge is 0.395 e. The predicted octanol–water partition coefficient (Wildman–Crippen LogP) is 0.705. The van der Waals surface area contributed by atoms with Crippen LogP contribution in [0.3, 0.4) is 0 Å². The molecule has 2 N–H and O–H groups in total. The fraction of sp³-hybridized carbons (Fsp3) is 1.00. The van der Waals surface area contributed by atoms with Gasteiger partial charge in [-0.15, -0.1) is 0 Å². The van der Waals surface area contributed by atoms with Gasteiger partial charge in [0.1, 0.15) is 0 Å². The van der Waals surface area contributed by atoms with Gasteiger partial charge < -0.3 is 20.1 Å². The van der Waals surface area contributed by atoms with Crippen LogP contribution < -0.4 is 5.32 Å². The molecule has 0 saturated heterocycles. The first-order valence-corrected chi connectivity index (χ1v) is 6.35. The van der Waals surface area contributed by atoms with Crippen LogP contribution in [-0.4, -0.2) is 62.6 Å². The number of hydrogen-bond donors (Lipinski definition) is 2. The van der Waals surface area contributed by atoms with E-state index in [1.54, 1.807) is 0 Å². The van der Waals surface area contributed by atoms with Crippen molar-refractivity contribution in [2.75, 3.05) is 46.5 Å². The molecule has 4 nitrogen and oxygen atoms in total. The van der Waals surface area contributed by atoms with E-state index in [1.807, 2.05) is 6.92 Å². The second kappa shape index (κ2) is 11.3. The fourth-order valence-corrected chi connectivity index (χ4v) is 1.46. The maximum atomic E-state index is 9.17. The Morgan fingerprint density at radius 3 is 2.62 bits per heavy atom. The van der Waals surface area contributed by atoms with Crippen molar-refractivity contribution in [3.63, 3.8) is 0 Å². The van der Waals surface area contributed by atoms with Crippen molar-refractivity contribution < 1.29 is 9.84 Å². The Morgan fingerprint density at radius 2 is 2.06 bits per heavy atom. The van der Waals surface area contributed by atoms with E-state index in [-0.39, 0.29) is 12.6 Å². The van der Waals surface area contributed by atoms with Gasteiger partial charge in [-0.3, -0.25) is 0 Å². The molecule has 0 amide bonds. The van der Waals surface area contributed by atoms with Gasteiger partial charge in [0.05, 0.1) is 13.2 Å². The van der Waals surface area contributed by atoms with Gasteiger partial charge in [-0.1, -0.05) is 6.92 Å². The lowest BCUT2D eigenvalue weighted by atomic mass is 10.2. The van der Waals surface area contributed by atoms with Crippen molar-refractivity contribution in [2.24, 2.45) is 0 Å². The van der Waals surface area contributed by atoms with E-state index < -0.39 is 0 Å². The summed E-state index contributed by atoms with van der Waals surface area (Å²) in [5.74, 6) is 0. The molecule has 0 fully saturated rings. The number of aliphatic hydroxyl groups is 1. The van der Waals surface area contributed by atoms with E-state index in [0.29, 0.717) is 0 Å². The van der Waals surface area contributed by atoms with Gasteiger partial charge in [-0.2, -0.15) is 0 Å². The van der Waals surface area contributed by atoms with Gasteiger partial charge in [-0.05, 0) is 39.9 Å². The topological polar surface area (TPSA) is 44.7 Å². The van der Waals surface area contributed by atoms with Crippen molar-refractivity contribution in [2.45, 2.75) is 32.7 Å². The number of nitrogens with zero attached hydrogens (tertiary/aromatic N) is 1. The number of hydrogen-bond acceptors (Lipinski definition) is 4. The van der Waals surface area contributed by atoms with Crippen LogP contribution >= 0.6 is 0 Å². The van der Waals surface area contributed by atoms with Crippen molar-refractivity contribution in [3.8, 4) is 0 Å². The molecule has 0 radical (unpaired) electrons. The Kier molecular flexibility index (Phi) is 11.2. The Bertz CT molecular complexity index is 145. The molecule has 0 aromatic heterocycles. The van der Waals surface area contributed by atoms with Gasteiger partial charge in [0, 0.05) is 19.2 Å². The smallest absolute Gasteiger partial charge is 0.0593 e. The molecule has 98 valence electrons. The van der Waals surface area contributed by atoms with Gasteiger partial charge in [0.25, 0.3) is 0 Å². The average molecular weight is 232 g/mol. The van der Waals surface area contributed by atoms with Crippen molar-refractivity contribution in [1.29, 1.82) is 0 Å². The van der Waals surface area contributed by atoms with Crippen LogP contribution in [0, 0.1) is 0 Å². The monoisotopic (exact) mass is 232 g/mol. The molecular formula is C12H28N2O2. The molecule has 1 atom stereocenters. The van der Waals surface area contributed by atoms with E-state index in [4.69, 9.17) is 4.74 Å². The summed E-state index contributed by atoms with van der Waals surface area (Å²) in [5, 5.41) is 12.5. The number of nitrogens with one attached hydrogen (secondary N) is 1. The highest BCUT2D eigenvalue weighted by molar-refractivity contribution is 4.67. The SMILES string of the molecule is CCCNC(CO)CCN(C)CCOCC. The zero-order valence-corrected chi connectivity index (χ0v) is 11.0. The zero-order valence-electron chi connectivity index (χ0n) is 11.0. The minimum absolute atomic E-state index is 0.222. The van der Waals surface area contributed by atoms with Crippen LogP contribution in [0.4, 0.5) is 0 Å². The number of likely N-dealkylation sites (N-methyl/N-ethyl adjacent to an activating group) is 1. The highest BCUT2D eigenvalue weighted by Crippen LogP contribution is 1.95. The van der Waals surface area contributed by atoms with Crippen LogP contribution in [0.2, 0.25) is 0 Å². The number of aliphatic hydroxyl groups excluding tert-OH is 1. The normalized spacial score (nSPS) is 13.3. The second-order valence-electron chi connectivity index (χ2n) is 4.12. The molecule has 0 spiro atoms. The highest BCUT2D eigenvalue weighted by Gasteiger charge is 2.07. The second-order valence-corrected chi connectivity index (χ2v) is 4.12. The molecular weight excluding hydrogens is 204 g/mol. The summed E-state index contributed by atoms with van der Waals surface area (Å²) in [6.07, 6.45) is 2.09. The van der Waals surface area contributed by atoms with E-state index in [9.17, 15) is 5.11 Å². The lowest BCUT2D eigenvalue weighted by Crippen LogP contribution is -2.37. The first-order valence-electron chi connectivity index (χ1n) is 6.35. The molecule has 0 aromatic carbocycles. The van der Waals surface area contributed by atoms with Gasteiger partial charge in [-0.25, -0.2) is 0 Å². The lowest BCUT2D eigenvalue weighted by Gasteiger charge is -2.21. The molecule has 1 unspecified atom stereocenters. The van der Waals surface area contributed by atoms with Crippen molar-refractivity contribution >= 4 is 0 Å². The van der Waals surface area contributed by atoms with E-state index >= 15 is 0 Å². The minimum atomic E-state index is 0.222. The Morgan fingerprint density at radius 1 is 1.31 bits per heavy atom. The number of rotatable bonds is 11. The molecule has 0 aliphatic rings. The predicted molar refractivity (Wildman–Crippen MR) is 67.8 cm³/mol. The maximum Gasteiger partial charge on any atom is 0.0593 e. The first kappa shape index (κ1) is 15.8. The van der Waals surface area contributed by atoms with Crippen LogP contribution in [-0.2, 0) is 4.74 Å². The summed E-state index contributed by atoms with van der Waals surface area (Å²) in [6, 6.07) is 0.231. The molecule has 0 saturated carbocycles. The van der Waals surface area contributed by atoms with Crippen LogP contribution in [0.1, 0.15) is 26.7 Å². The summed E-state index contributed by atoms with van der Waals surface area (Å²) in [6.45, 7) is 8.87. The summed E-state index contributed by atoms with van der Waals surface area (Å²) in [5.41, 5.74) is 0. The molecule has 0 aromatic rings. The van der Waals surface area contributed by atoms with E-state index in [1.165, 1.54) is 0 Å². The van der Waals surface area contributed by atoms with Crippen LogP contribution in [0.5, 0.6) is 0 Å². The summed E-state index contributed by atoms with van der Waals surface area (Å²) >= 11 is 0. The third kappa shape index (κ3) is 9.09. The Labute approximate surface area is 100.0 Å². The highest BCUT2D eigenvalue weighted by atomic mass is 16.5. The molecule has 0 bridgehead atoms.